The van der Waals surface area contributed by atoms with Crippen molar-refractivity contribution < 1.29 is 9.53 Å². The molecule has 2 heterocycles. The number of hydrogen-bond donors (Lipinski definition) is 2. The van der Waals surface area contributed by atoms with Crippen LogP contribution in [0.5, 0.6) is 5.75 Å². The van der Waals surface area contributed by atoms with Crippen LogP contribution in [0.15, 0.2) is 34.2 Å². The molecule has 2 N–H and O–H groups in total. The number of nitrogens with one attached hydrogen (secondary N) is 2. The Morgan fingerprint density at radius 2 is 2.16 bits per heavy atom. The largest absolute Gasteiger partial charge is 0.493 e. The highest BCUT2D eigenvalue weighted by molar-refractivity contribution is 7.99. The van der Waals surface area contributed by atoms with E-state index in [2.05, 4.69) is 10.6 Å². The zero-order valence-corrected chi connectivity index (χ0v) is 18.7. The Balaban J connectivity index is 1.45. The lowest BCUT2D eigenvalue weighted by Crippen LogP contribution is -2.24. The quantitative estimate of drug-likeness (QED) is 0.306. The van der Waals surface area contributed by atoms with E-state index in [0.29, 0.717) is 54.9 Å². The van der Waals surface area contributed by atoms with Gasteiger partial charge in [-0.05, 0) is 49.4 Å². The summed E-state index contributed by atoms with van der Waals surface area (Å²) in [5, 5.41) is 15.1. The van der Waals surface area contributed by atoms with Gasteiger partial charge in [-0.15, -0.1) is 0 Å². The fourth-order valence-electron chi connectivity index (χ4n) is 3.46. The summed E-state index contributed by atoms with van der Waals surface area (Å²) in [6.07, 6.45) is 4.55. The molecule has 1 aromatic carbocycles. The van der Waals surface area contributed by atoms with Crippen molar-refractivity contribution in [3.8, 4) is 17.5 Å². The molecule has 32 heavy (non-hydrogen) atoms. The molecule has 2 aromatic rings. The number of ether oxygens (including phenoxy) is 1. The highest BCUT2D eigenvalue weighted by Gasteiger charge is 2.23. The van der Waals surface area contributed by atoms with E-state index in [1.807, 2.05) is 30.3 Å². The molecule has 0 unspecified atom stereocenters. The Bertz CT molecular complexity index is 1060. The van der Waals surface area contributed by atoms with Crippen LogP contribution < -0.4 is 20.9 Å². The molecule has 1 aromatic heterocycles. The molecule has 0 saturated heterocycles. The standard InChI is InChI=1S/C23H27N5O3S/c24-11-2-12-25-20(29)3-1-14-32-23-27-19-10-13-26-21(19)22(30)28(23)17-6-8-18(9-7-17)31-15-16-4-5-16/h6-9,16,26H,1-5,10,12-15H2,(H,25,29). The van der Waals surface area contributed by atoms with Crippen molar-refractivity contribution in [3.63, 3.8) is 0 Å². The molecule has 1 amide bonds. The van der Waals surface area contributed by atoms with Gasteiger partial charge in [-0.25, -0.2) is 4.98 Å². The van der Waals surface area contributed by atoms with Crippen LogP contribution in [0.3, 0.4) is 0 Å². The second kappa shape index (κ2) is 10.6. The lowest BCUT2D eigenvalue weighted by Gasteiger charge is -2.14. The first-order valence-electron chi connectivity index (χ1n) is 11.0. The van der Waals surface area contributed by atoms with Crippen LogP contribution in [0, 0.1) is 17.2 Å². The molecule has 0 radical (unpaired) electrons. The number of nitriles is 1. The van der Waals surface area contributed by atoms with E-state index in [0.717, 1.165) is 30.2 Å². The molecule has 1 saturated carbocycles. The third kappa shape index (κ3) is 5.62. The van der Waals surface area contributed by atoms with E-state index in [4.69, 9.17) is 15.0 Å². The SMILES string of the molecule is N#CCCNC(=O)CCCSc1nc2c(c(=O)n1-c1ccc(OCC3CC3)cc1)NCC2. The summed E-state index contributed by atoms with van der Waals surface area (Å²) in [4.78, 5) is 29.8. The summed E-state index contributed by atoms with van der Waals surface area (Å²) in [6.45, 7) is 1.83. The van der Waals surface area contributed by atoms with Crippen molar-refractivity contribution >= 4 is 23.4 Å². The third-order valence-electron chi connectivity index (χ3n) is 5.41. The number of aromatic nitrogens is 2. The fourth-order valence-corrected chi connectivity index (χ4v) is 4.43. The molecule has 0 spiro atoms. The fraction of sp³-hybridized carbons (Fsp3) is 0.478. The van der Waals surface area contributed by atoms with Gasteiger partial charge >= 0.3 is 0 Å². The lowest BCUT2D eigenvalue weighted by molar-refractivity contribution is -0.121. The smallest absolute Gasteiger partial charge is 0.282 e. The summed E-state index contributed by atoms with van der Waals surface area (Å²) >= 11 is 1.48. The zero-order chi connectivity index (χ0) is 22.3. The maximum absolute atomic E-state index is 13.2. The number of nitrogens with zero attached hydrogens (tertiary/aromatic N) is 3. The number of benzene rings is 1. The summed E-state index contributed by atoms with van der Waals surface area (Å²) in [5.41, 5.74) is 2.01. The number of rotatable bonds is 11. The average molecular weight is 454 g/mol. The summed E-state index contributed by atoms with van der Waals surface area (Å²) in [7, 11) is 0. The van der Waals surface area contributed by atoms with Gasteiger partial charge in [0.05, 0.1) is 30.5 Å². The molecule has 0 bridgehead atoms. The molecule has 8 nitrogen and oxygen atoms in total. The van der Waals surface area contributed by atoms with Crippen molar-refractivity contribution in [3.05, 3.63) is 40.3 Å². The monoisotopic (exact) mass is 453 g/mol. The first kappa shape index (κ1) is 22.2. The minimum Gasteiger partial charge on any atom is -0.493 e. The van der Waals surface area contributed by atoms with E-state index in [1.165, 1.54) is 24.6 Å². The molecule has 1 fully saturated rings. The van der Waals surface area contributed by atoms with Crippen LogP contribution in [-0.2, 0) is 11.2 Å². The molecule has 4 rings (SSSR count). The molecular weight excluding hydrogens is 426 g/mol. The number of anilines is 1. The van der Waals surface area contributed by atoms with E-state index in [1.54, 1.807) is 4.57 Å². The number of thioether (sulfide) groups is 1. The van der Waals surface area contributed by atoms with Gasteiger partial charge in [-0.1, -0.05) is 11.8 Å². The molecule has 168 valence electrons. The zero-order valence-electron chi connectivity index (χ0n) is 17.9. The third-order valence-corrected chi connectivity index (χ3v) is 6.43. The second-order valence-electron chi connectivity index (χ2n) is 7.99. The molecule has 0 atom stereocenters. The maximum Gasteiger partial charge on any atom is 0.282 e. The van der Waals surface area contributed by atoms with Gasteiger partial charge in [0.25, 0.3) is 5.56 Å². The number of amides is 1. The Morgan fingerprint density at radius 1 is 1.34 bits per heavy atom. The van der Waals surface area contributed by atoms with E-state index in [-0.39, 0.29) is 11.5 Å². The van der Waals surface area contributed by atoms with E-state index >= 15 is 0 Å². The van der Waals surface area contributed by atoms with Gasteiger partial charge in [-0.3, -0.25) is 14.2 Å². The molecule has 1 aliphatic heterocycles. The Kier molecular flexibility index (Phi) is 7.32. The molecule has 1 aliphatic carbocycles. The van der Waals surface area contributed by atoms with Crippen molar-refractivity contribution in [2.24, 2.45) is 5.92 Å². The predicted molar refractivity (Wildman–Crippen MR) is 123 cm³/mol. The first-order chi connectivity index (χ1) is 15.7. The van der Waals surface area contributed by atoms with Gasteiger partial charge in [-0.2, -0.15) is 5.26 Å². The summed E-state index contributed by atoms with van der Waals surface area (Å²) in [6, 6.07) is 9.57. The minimum absolute atomic E-state index is 0.0638. The Morgan fingerprint density at radius 3 is 2.91 bits per heavy atom. The van der Waals surface area contributed by atoms with Crippen molar-refractivity contribution in [1.82, 2.24) is 14.9 Å². The van der Waals surface area contributed by atoms with Crippen molar-refractivity contribution in [2.45, 2.75) is 43.7 Å². The van der Waals surface area contributed by atoms with Gasteiger partial charge < -0.3 is 15.4 Å². The van der Waals surface area contributed by atoms with Crippen molar-refractivity contribution in [1.29, 1.82) is 5.26 Å². The number of fused-ring (bicyclic) bond motifs is 1. The number of hydrogen-bond acceptors (Lipinski definition) is 7. The Hall–Kier alpha value is -2.99. The van der Waals surface area contributed by atoms with Crippen molar-refractivity contribution in [2.75, 3.05) is 30.8 Å². The van der Waals surface area contributed by atoms with Gasteiger partial charge in [0.2, 0.25) is 5.91 Å². The highest BCUT2D eigenvalue weighted by Crippen LogP contribution is 2.30. The summed E-state index contributed by atoms with van der Waals surface area (Å²) < 4.78 is 7.45. The summed E-state index contributed by atoms with van der Waals surface area (Å²) in [5.74, 6) is 2.08. The second-order valence-corrected chi connectivity index (χ2v) is 9.05. The first-order valence-corrected chi connectivity index (χ1v) is 12.0. The molecular formula is C23H27N5O3S. The van der Waals surface area contributed by atoms with Crippen LogP contribution in [0.25, 0.3) is 5.69 Å². The van der Waals surface area contributed by atoms with Crippen LogP contribution in [0.2, 0.25) is 0 Å². The Labute approximate surface area is 191 Å². The van der Waals surface area contributed by atoms with Crippen LogP contribution in [0.4, 0.5) is 5.69 Å². The van der Waals surface area contributed by atoms with Crippen LogP contribution in [0.1, 0.15) is 37.8 Å². The van der Waals surface area contributed by atoms with Gasteiger partial charge in [0, 0.05) is 31.7 Å². The lowest BCUT2D eigenvalue weighted by atomic mass is 10.3. The van der Waals surface area contributed by atoms with E-state index in [9.17, 15) is 9.59 Å². The average Bonchev–Trinajstić information content (AvgIpc) is 3.51. The molecule has 2 aliphatic rings. The maximum atomic E-state index is 13.2. The highest BCUT2D eigenvalue weighted by atomic mass is 32.2. The topological polar surface area (TPSA) is 109 Å². The van der Waals surface area contributed by atoms with E-state index < -0.39 is 0 Å². The van der Waals surface area contributed by atoms with Gasteiger partial charge in [0.1, 0.15) is 11.4 Å². The minimum atomic E-state index is -0.101. The number of carbonyl (C=O) groups is 1. The van der Waals surface area contributed by atoms with Crippen LogP contribution in [-0.4, -0.2) is 40.9 Å². The van der Waals surface area contributed by atoms with Crippen LogP contribution >= 0.6 is 11.8 Å². The number of carbonyl (C=O) groups excluding carboxylic acids is 1. The molecule has 9 heteroatoms. The normalized spacial score (nSPS) is 14.3. The van der Waals surface area contributed by atoms with Gasteiger partial charge in [0.15, 0.2) is 5.16 Å². The predicted octanol–water partition coefficient (Wildman–Crippen LogP) is 2.89.